The molecule has 0 spiro atoms. The van der Waals surface area contributed by atoms with Crippen molar-refractivity contribution < 1.29 is 33.4 Å². The van der Waals surface area contributed by atoms with Crippen LogP contribution in [0.3, 0.4) is 0 Å². The van der Waals surface area contributed by atoms with Gasteiger partial charge < -0.3 is 30.2 Å². The average Bonchev–Trinajstić information content (AvgIpc) is 3.89. The number of likely N-dealkylation sites (N-methyl/N-ethyl adjacent to an activating group) is 1. The van der Waals surface area contributed by atoms with E-state index in [-0.39, 0.29) is 47.7 Å². The third kappa shape index (κ3) is 8.24. The van der Waals surface area contributed by atoms with Crippen LogP contribution in [0.25, 0.3) is 11.4 Å². The number of anilines is 3. The lowest BCUT2D eigenvalue weighted by atomic mass is 10.1. The normalized spacial score (nSPS) is 12.6. The van der Waals surface area contributed by atoms with Crippen LogP contribution in [0.15, 0.2) is 47.6 Å². The van der Waals surface area contributed by atoms with Gasteiger partial charge in [0.2, 0.25) is 5.82 Å². The van der Waals surface area contributed by atoms with E-state index in [4.69, 9.17) is 14.2 Å². The lowest BCUT2D eigenvalue weighted by Gasteiger charge is -2.20. The molecule has 262 valence electrons. The zero-order valence-corrected chi connectivity index (χ0v) is 28.0. The number of tetrazole rings is 1. The van der Waals surface area contributed by atoms with Gasteiger partial charge in [0.25, 0.3) is 11.8 Å². The second-order valence-corrected chi connectivity index (χ2v) is 11.0. The van der Waals surface area contributed by atoms with Crippen molar-refractivity contribution in [3.8, 4) is 17.1 Å². The molecule has 0 saturated heterocycles. The van der Waals surface area contributed by atoms with Crippen LogP contribution in [-0.4, -0.2) is 93.6 Å². The second kappa shape index (κ2) is 15.8. The molecule has 3 N–H and O–H groups in total. The quantitative estimate of drug-likeness (QED) is 0.166. The number of carbonyl (C=O) groups excluding carboxylic acids is 4. The molecule has 1 aliphatic carbocycles. The van der Waals surface area contributed by atoms with Crippen molar-refractivity contribution in [3.63, 3.8) is 0 Å². The first-order chi connectivity index (χ1) is 24.1. The zero-order valence-electron chi connectivity index (χ0n) is 28.0. The molecule has 1 saturated carbocycles. The number of benzene rings is 1. The Labute approximate surface area is 285 Å². The van der Waals surface area contributed by atoms with E-state index in [1.165, 1.54) is 38.3 Å². The third-order valence-corrected chi connectivity index (χ3v) is 7.32. The number of carbonyl (C=O) groups is 4. The molecule has 5 rings (SSSR count). The van der Waals surface area contributed by atoms with Crippen molar-refractivity contribution in [1.82, 2.24) is 45.6 Å². The minimum absolute atomic E-state index is 0.0149. The predicted octanol–water partition coefficient (Wildman–Crippen LogP) is 0.911. The fourth-order valence-corrected chi connectivity index (χ4v) is 4.67. The van der Waals surface area contributed by atoms with E-state index < -0.39 is 24.7 Å². The van der Waals surface area contributed by atoms with Gasteiger partial charge in [-0.15, -0.1) is 10.2 Å². The first-order valence-corrected chi connectivity index (χ1v) is 15.4. The monoisotopic (exact) mass is 688 g/mol. The van der Waals surface area contributed by atoms with E-state index in [1.54, 1.807) is 44.4 Å². The van der Waals surface area contributed by atoms with Crippen LogP contribution in [0.1, 0.15) is 28.9 Å². The molecular formula is C31H36N12O7. The molecule has 0 unspecified atom stereocenters. The lowest BCUT2D eigenvalue weighted by molar-refractivity contribution is -0.143. The molecule has 19 heteroatoms. The van der Waals surface area contributed by atoms with Gasteiger partial charge in [-0.2, -0.15) is 14.9 Å². The summed E-state index contributed by atoms with van der Waals surface area (Å²) in [5.41, 5.74) is 1.52. The Kier molecular flexibility index (Phi) is 11.1. The van der Waals surface area contributed by atoms with Gasteiger partial charge in [-0.1, -0.05) is 12.1 Å². The maximum absolute atomic E-state index is 13.3. The highest BCUT2D eigenvalue weighted by Crippen LogP contribution is 2.36. The summed E-state index contributed by atoms with van der Waals surface area (Å²) in [5.74, 6) is -0.800. The first-order valence-electron chi connectivity index (χ1n) is 15.4. The summed E-state index contributed by atoms with van der Waals surface area (Å²) in [6, 6.07) is 9.96. The molecule has 1 fully saturated rings. The van der Waals surface area contributed by atoms with E-state index in [0.29, 0.717) is 41.2 Å². The molecule has 3 amide bonds. The van der Waals surface area contributed by atoms with Gasteiger partial charge in [-0.05, 0) is 43.3 Å². The number of ether oxygens (including phenoxy) is 3. The molecule has 0 bridgehead atoms. The van der Waals surface area contributed by atoms with Crippen LogP contribution < -0.4 is 31.1 Å². The Bertz CT molecular complexity index is 1970. The Balaban J connectivity index is 1.46. The van der Waals surface area contributed by atoms with E-state index in [9.17, 15) is 19.2 Å². The van der Waals surface area contributed by atoms with Crippen molar-refractivity contribution in [2.24, 2.45) is 18.0 Å². The number of nitrogens with one attached hydrogen (secondary N) is 3. The summed E-state index contributed by atoms with van der Waals surface area (Å²) < 4.78 is 17.6. The number of nitrogens with zero attached hydrogens (tertiary/aromatic N) is 9. The highest BCUT2D eigenvalue weighted by Gasteiger charge is 2.30. The number of rotatable bonds is 13. The van der Waals surface area contributed by atoms with Gasteiger partial charge in [0, 0.05) is 37.8 Å². The number of hydrogen-bond donors (Lipinski definition) is 3. The predicted molar refractivity (Wildman–Crippen MR) is 176 cm³/mol. The Hall–Kier alpha value is -6.24. The Morgan fingerprint density at radius 2 is 1.86 bits per heavy atom. The van der Waals surface area contributed by atoms with Gasteiger partial charge in [-0.3, -0.25) is 19.3 Å². The molecule has 1 aromatic carbocycles. The first kappa shape index (κ1) is 35.1. The smallest absolute Gasteiger partial charge is 0.417 e. The number of amides is 3. The van der Waals surface area contributed by atoms with Crippen LogP contribution in [0.4, 0.5) is 22.0 Å². The van der Waals surface area contributed by atoms with E-state index >= 15 is 0 Å². The summed E-state index contributed by atoms with van der Waals surface area (Å²) in [6.07, 6.45) is 2.04. The van der Waals surface area contributed by atoms with Crippen molar-refractivity contribution in [1.29, 1.82) is 0 Å². The number of aromatic nitrogens is 7. The maximum Gasteiger partial charge on any atom is 0.417 e. The fourth-order valence-electron chi connectivity index (χ4n) is 4.67. The van der Waals surface area contributed by atoms with Crippen molar-refractivity contribution in [3.05, 3.63) is 59.3 Å². The SMILES string of the molecule is CNCC(=O)OCc1cccnc1N(C)C(=O)OCn1nc(C(=O)NC)c(Nc2cccc(-c3nnn(C)n3)c2OC)c/c1=N\C(=O)C1CC1. The summed E-state index contributed by atoms with van der Waals surface area (Å²) in [4.78, 5) is 62.1. The van der Waals surface area contributed by atoms with Gasteiger partial charge in [0.1, 0.15) is 12.4 Å². The summed E-state index contributed by atoms with van der Waals surface area (Å²) in [5, 5.41) is 25.1. The molecule has 4 aromatic rings. The third-order valence-electron chi connectivity index (χ3n) is 7.32. The lowest BCUT2D eigenvalue weighted by Crippen LogP contribution is -2.35. The molecular weight excluding hydrogens is 652 g/mol. The van der Waals surface area contributed by atoms with Gasteiger partial charge >= 0.3 is 12.1 Å². The molecule has 3 aromatic heterocycles. The average molecular weight is 689 g/mol. The fraction of sp³-hybridized carbons (Fsp3) is 0.355. The number of para-hydroxylation sites is 1. The summed E-state index contributed by atoms with van der Waals surface area (Å²) in [7, 11) is 7.60. The van der Waals surface area contributed by atoms with E-state index in [1.807, 2.05) is 0 Å². The number of esters is 1. The maximum atomic E-state index is 13.3. The van der Waals surface area contributed by atoms with Crippen LogP contribution in [0.5, 0.6) is 5.75 Å². The summed E-state index contributed by atoms with van der Waals surface area (Å²) in [6.45, 7) is -0.640. The highest BCUT2D eigenvalue weighted by molar-refractivity contribution is 5.98. The molecule has 19 nitrogen and oxygen atoms in total. The van der Waals surface area contributed by atoms with Gasteiger partial charge in [0.15, 0.2) is 23.7 Å². The van der Waals surface area contributed by atoms with Crippen LogP contribution >= 0.6 is 0 Å². The summed E-state index contributed by atoms with van der Waals surface area (Å²) >= 11 is 0. The van der Waals surface area contributed by atoms with Crippen molar-refractivity contribution >= 4 is 41.1 Å². The molecule has 1 aliphatic rings. The number of pyridine rings is 1. The number of aryl methyl sites for hydroxylation is 1. The second-order valence-electron chi connectivity index (χ2n) is 11.0. The standard InChI is InChI=1S/C31H36N12O7/c1-32-15-24(44)49-16-19-8-7-13-34-28(19)41(3)31(47)50-17-43-23(36-29(45)18-11-12-18)14-22(25(38-43)30(46)33-2)35-21-10-6-9-20(26(21)48-5)27-37-40-42(4)39-27/h6-10,13-14,18,32,35H,11-12,15-17H2,1-5H3,(H,33,46)/b36-23+. The molecule has 0 radical (unpaired) electrons. The highest BCUT2D eigenvalue weighted by atomic mass is 16.6. The van der Waals surface area contributed by atoms with Crippen LogP contribution in [0.2, 0.25) is 0 Å². The van der Waals surface area contributed by atoms with E-state index in [0.717, 1.165) is 9.58 Å². The molecule has 50 heavy (non-hydrogen) atoms. The van der Waals surface area contributed by atoms with Crippen molar-refractivity contribution in [2.75, 3.05) is 45.0 Å². The Morgan fingerprint density at radius 1 is 1.06 bits per heavy atom. The van der Waals surface area contributed by atoms with Crippen LogP contribution in [-0.2, 0) is 39.4 Å². The zero-order chi connectivity index (χ0) is 35.8. The van der Waals surface area contributed by atoms with Gasteiger partial charge in [-0.25, -0.2) is 14.5 Å². The van der Waals surface area contributed by atoms with Crippen molar-refractivity contribution in [2.45, 2.75) is 26.2 Å². The molecule has 0 aliphatic heterocycles. The minimum atomic E-state index is -0.844. The number of hydrogen-bond acceptors (Lipinski definition) is 14. The number of methoxy groups -OCH3 is 1. The molecule has 0 atom stereocenters. The Morgan fingerprint density at radius 3 is 2.54 bits per heavy atom. The topological polar surface area (TPSA) is 222 Å². The van der Waals surface area contributed by atoms with Gasteiger partial charge in [0.05, 0.1) is 37.6 Å². The van der Waals surface area contributed by atoms with Crippen LogP contribution in [0, 0.1) is 5.92 Å². The van der Waals surface area contributed by atoms with E-state index in [2.05, 4.69) is 46.4 Å². The minimum Gasteiger partial charge on any atom is -0.494 e. The molecule has 3 heterocycles. The largest absolute Gasteiger partial charge is 0.494 e.